The van der Waals surface area contributed by atoms with Crippen LogP contribution in [0.3, 0.4) is 0 Å². The van der Waals surface area contributed by atoms with Gasteiger partial charge in [0, 0.05) is 0 Å². The lowest BCUT2D eigenvalue weighted by Gasteiger charge is -2.05. The lowest BCUT2D eigenvalue weighted by atomic mass is 10.8. The lowest BCUT2D eigenvalue weighted by molar-refractivity contribution is -0.139. The number of carboxylic acids is 1. The number of pyridine rings is 1. The monoisotopic (exact) mass is 260 g/mol. The fourth-order valence-electron chi connectivity index (χ4n) is 0.660. The molecule has 1 aromatic heterocycles. The molecule has 1 N–H and O–H groups in total. The van der Waals surface area contributed by atoms with Crippen molar-refractivity contribution in [2.24, 2.45) is 0 Å². The van der Waals surface area contributed by atoms with E-state index in [4.69, 9.17) is 44.6 Å². The largest absolute Gasteiger partial charge is 0.479 e. The maximum atomic E-state index is 10.2. The minimum absolute atomic E-state index is 0.0106. The molecule has 1 rings (SSSR count). The highest BCUT2D eigenvalue weighted by Crippen LogP contribution is 2.30. The Kier molecular flexibility index (Phi) is 3.80. The van der Waals surface area contributed by atoms with Crippen LogP contribution >= 0.6 is 34.8 Å². The summed E-state index contributed by atoms with van der Waals surface area (Å²) in [6.45, 7) is -0.537. The van der Waals surface area contributed by atoms with Gasteiger partial charge in [-0.3, -0.25) is 0 Å². The van der Waals surface area contributed by atoms with Gasteiger partial charge in [0.05, 0.1) is 5.02 Å². The lowest BCUT2D eigenvalue weighted by Crippen LogP contribution is -2.10. The zero-order valence-corrected chi connectivity index (χ0v) is 8.90. The van der Waals surface area contributed by atoms with Crippen molar-refractivity contribution >= 4 is 40.8 Å². The maximum Gasteiger partial charge on any atom is 0.341 e. The van der Waals surface area contributed by atoms with Crippen molar-refractivity contribution in [3.63, 3.8) is 0 Å². The highest BCUT2D eigenvalue weighted by Gasteiger charge is 2.10. The molecule has 14 heavy (non-hydrogen) atoms. The third-order valence-corrected chi connectivity index (χ3v) is 2.13. The number of carbonyl (C=O) groups is 1. The van der Waals surface area contributed by atoms with E-state index < -0.39 is 12.6 Å². The number of rotatable bonds is 3. The summed E-state index contributed by atoms with van der Waals surface area (Å²) in [6, 6.07) is 1.33. The standard InChI is InChI=1S/C7H4Cl3NO3/c8-3-1-4(9)7(11-6(3)10)14-2-5(12)13/h1H,2H2,(H,12,13)/i1+1,3+1,4+1,6+1,7+1. The van der Waals surface area contributed by atoms with Crippen molar-refractivity contribution < 1.29 is 14.6 Å². The topological polar surface area (TPSA) is 59.4 Å². The Labute approximate surface area is 94.4 Å². The van der Waals surface area contributed by atoms with Crippen molar-refractivity contribution in [1.82, 2.24) is 4.98 Å². The van der Waals surface area contributed by atoms with Crippen LogP contribution in [-0.2, 0) is 4.79 Å². The van der Waals surface area contributed by atoms with Crippen molar-refractivity contribution in [3.8, 4) is 5.88 Å². The minimum atomic E-state index is -1.13. The molecule has 0 unspecified atom stereocenters. The second kappa shape index (κ2) is 4.68. The number of halogens is 3. The summed E-state index contributed by atoms with van der Waals surface area (Å²) in [6.07, 6.45) is 0. The van der Waals surface area contributed by atoms with Gasteiger partial charge in [-0.25, -0.2) is 4.79 Å². The molecule has 0 radical (unpaired) electrons. The Morgan fingerprint density at radius 3 is 2.64 bits per heavy atom. The van der Waals surface area contributed by atoms with E-state index in [-0.39, 0.29) is 21.1 Å². The van der Waals surface area contributed by atoms with E-state index in [2.05, 4.69) is 4.98 Å². The second-order valence-corrected chi connectivity index (χ2v) is 3.40. The number of aliphatic carboxylic acids is 1. The summed E-state index contributed by atoms with van der Waals surface area (Å²) in [5.74, 6) is -1.18. The Bertz CT molecular complexity index is 369. The average Bonchev–Trinajstić information content (AvgIpc) is 2.09. The molecular weight excluding hydrogens is 257 g/mol. The van der Waals surface area contributed by atoms with Crippen molar-refractivity contribution in [1.29, 1.82) is 0 Å². The van der Waals surface area contributed by atoms with Gasteiger partial charge in [0.1, 0.15) is 5.02 Å². The first-order valence-corrected chi connectivity index (χ1v) is 4.50. The molecule has 1 aromatic rings. The Morgan fingerprint density at radius 2 is 2.07 bits per heavy atom. The van der Waals surface area contributed by atoms with Gasteiger partial charge in [-0.05, 0) is 6.07 Å². The quantitative estimate of drug-likeness (QED) is 0.849. The molecule has 0 atom stereocenters. The third kappa shape index (κ3) is 2.90. The molecule has 0 aromatic carbocycles. The smallest absolute Gasteiger partial charge is 0.341 e. The van der Waals surface area contributed by atoms with Gasteiger partial charge in [0.2, 0.25) is 5.88 Å². The molecule has 0 aliphatic heterocycles. The molecule has 4 nitrogen and oxygen atoms in total. The summed E-state index contributed by atoms with van der Waals surface area (Å²) >= 11 is 16.8. The zero-order valence-electron chi connectivity index (χ0n) is 6.63. The van der Waals surface area contributed by atoms with Crippen LogP contribution in [0.2, 0.25) is 15.2 Å². The van der Waals surface area contributed by atoms with Crippen LogP contribution in [0.4, 0.5) is 0 Å². The van der Waals surface area contributed by atoms with Crippen LogP contribution in [0.15, 0.2) is 6.07 Å². The van der Waals surface area contributed by atoms with E-state index in [1.165, 1.54) is 6.07 Å². The van der Waals surface area contributed by atoms with Crippen molar-refractivity contribution in [2.45, 2.75) is 0 Å². The fourth-order valence-corrected chi connectivity index (χ4v) is 1.20. The first-order valence-electron chi connectivity index (χ1n) is 3.37. The highest BCUT2D eigenvalue weighted by atomic mass is 35.5. The van der Waals surface area contributed by atoms with Crippen LogP contribution < -0.4 is 4.74 Å². The normalized spacial score (nSPS) is 9.93. The molecule has 0 aliphatic rings. The molecule has 0 saturated carbocycles. The SMILES string of the molecule is O=C(O)CO[13c]1n[13c](Cl)[13c](Cl)[13cH][13c]1Cl. The molecule has 0 saturated heterocycles. The second-order valence-electron chi connectivity index (χ2n) is 2.23. The van der Waals surface area contributed by atoms with Crippen LogP contribution in [0.5, 0.6) is 5.88 Å². The number of ether oxygens (including phenoxy) is 1. The van der Waals surface area contributed by atoms with E-state index in [0.717, 1.165) is 0 Å². The fraction of sp³-hybridized carbons (Fsp3) is 0.143. The van der Waals surface area contributed by atoms with Gasteiger partial charge in [-0.2, -0.15) is 4.98 Å². The van der Waals surface area contributed by atoms with E-state index in [1.54, 1.807) is 0 Å². The Balaban J connectivity index is 2.87. The number of aromatic nitrogens is 1. The molecule has 0 bridgehead atoms. The van der Waals surface area contributed by atoms with E-state index in [1.807, 2.05) is 0 Å². The zero-order chi connectivity index (χ0) is 10.7. The van der Waals surface area contributed by atoms with Gasteiger partial charge < -0.3 is 9.84 Å². The van der Waals surface area contributed by atoms with Crippen LogP contribution in [-0.4, -0.2) is 22.7 Å². The molecule has 1 heterocycles. The van der Waals surface area contributed by atoms with E-state index in [9.17, 15) is 4.79 Å². The first-order chi connectivity index (χ1) is 6.50. The van der Waals surface area contributed by atoms with Crippen LogP contribution in [0, 0.1) is 0 Å². The Hall–Kier alpha value is -0.710. The van der Waals surface area contributed by atoms with Crippen LogP contribution in [0.1, 0.15) is 0 Å². The summed E-state index contributed by atoms with van der Waals surface area (Å²) < 4.78 is 4.75. The molecule has 0 fully saturated rings. The predicted molar refractivity (Wildman–Crippen MR) is 52.4 cm³/mol. The number of hydrogen-bond donors (Lipinski definition) is 1. The summed E-state index contributed by atoms with van der Waals surface area (Å²) in [5, 5.41) is 8.64. The third-order valence-electron chi connectivity index (χ3n) is 1.19. The summed E-state index contributed by atoms with van der Waals surface area (Å²) in [5.41, 5.74) is 0. The summed E-state index contributed by atoms with van der Waals surface area (Å²) in [7, 11) is 0. The van der Waals surface area contributed by atoms with Crippen molar-refractivity contribution in [3.05, 3.63) is 21.3 Å². The minimum Gasteiger partial charge on any atom is -0.479 e. The van der Waals surface area contributed by atoms with Gasteiger partial charge >= 0.3 is 5.97 Å². The van der Waals surface area contributed by atoms with Gasteiger partial charge in [-0.1, -0.05) is 34.8 Å². The molecule has 76 valence electrons. The molecule has 0 aliphatic carbocycles. The average molecular weight is 261 g/mol. The Morgan fingerprint density at radius 1 is 1.43 bits per heavy atom. The highest BCUT2D eigenvalue weighted by molar-refractivity contribution is 6.42. The van der Waals surface area contributed by atoms with Gasteiger partial charge in [0.15, 0.2) is 11.8 Å². The van der Waals surface area contributed by atoms with Gasteiger partial charge in [-0.15, -0.1) is 0 Å². The van der Waals surface area contributed by atoms with Crippen LogP contribution in [0.25, 0.3) is 0 Å². The first kappa shape index (κ1) is 11.4. The van der Waals surface area contributed by atoms with Gasteiger partial charge in [0.25, 0.3) is 0 Å². The van der Waals surface area contributed by atoms with E-state index >= 15 is 0 Å². The molecule has 0 amide bonds. The predicted octanol–water partition coefficient (Wildman–Crippen LogP) is 2.51. The number of carboxylic acid groups (broad SMARTS) is 1. The molecular formula is C7H4Cl3NO3. The van der Waals surface area contributed by atoms with Crippen molar-refractivity contribution in [2.75, 3.05) is 6.61 Å². The number of hydrogen-bond acceptors (Lipinski definition) is 3. The molecule has 7 heteroatoms. The number of nitrogens with zero attached hydrogens (tertiary/aromatic N) is 1. The van der Waals surface area contributed by atoms with E-state index in [0.29, 0.717) is 0 Å². The molecule has 0 spiro atoms. The maximum absolute atomic E-state index is 10.2. The summed E-state index contributed by atoms with van der Waals surface area (Å²) in [4.78, 5) is 13.8.